The molecule has 42 heavy (non-hydrogen) atoms. The van der Waals surface area contributed by atoms with E-state index in [1.54, 1.807) is 0 Å². The molecule has 2 N–H and O–H groups in total. The van der Waals surface area contributed by atoms with Gasteiger partial charge in [-0.1, -0.05) is 87.1 Å². The van der Waals surface area contributed by atoms with E-state index in [0.29, 0.717) is 12.8 Å². The minimum Gasteiger partial charge on any atom is -0.346 e. The number of fused-ring (bicyclic) bond motifs is 2. The van der Waals surface area contributed by atoms with Crippen molar-refractivity contribution in [2.24, 2.45) is 0 Å². The lowest BCUT2D eigenvalue weighted by Gasteiger charge is -2.18. The average molecular weight is 577 g/mol. The molecule has 6 nitrogen and oxygen atoms in total. The van der Waals surface area contributed by atoms with Crippen LogP contribution in [0.2, 0.25) is 0 Å². The van der Waals surface area contributed by atoms with Gasteiger partial charge in [0.1, 0.15) is 0 Å². The molecule has 232 valence electrons. The summed E-state index contributed by atoms with van der Waals surface area (Å²) >= 11 is 0. The molecule has 2 aromatic rings. The Balaban J connectivity index is 1.44. The van der Waals surface area contributed by atoms with Crippen LogP contribution in [0, 0.1) is 0 Å². The average Bonchev–Trinajstić information content (AvgIpc) is 3.01. The topological polar surface area (TPSA) is 64.7 Å². The number of nitrogens with one attached hydrogen (secondary N) is 2. The lowest BCUT2D eigenvalue weighted by atomic mass is 10.0. The van der Waals surface area contributed by atoms with Gasteiger partial charge in [0.15, 0.2) is 0 Å². The molecule has 6 heteroatoms. The van der Waals surface area contributed by atoms with Gasteiger partial charge in [0, 0.05) is 53.1 Å². The number of carbonyl (C=O) groups excluding carboxylic acids is 2. The smallest absolute Gasteiger partial charge is 0.222 e. The summed E-state index contributed by atoms with van der Waals surface area (Å²) in [6.45, 7) is 5.43. The lowest BCUT2D eigenvalue weighted by Crippen LogP contribution is -2.27. The highest BCUT2D eigenvalue weighted by molar-refractivity contribution is 5.76. The molecule has 0 radical (unpaired) electrons. The van der Waals surface area contributed by atoms with Crippen LogP contribution in [0.25, 0.3) is 11.1 Å². The molecule has 0 aromatic heterocycles. The molecule has 3 heterocycles. The van der Waals surface area contributed by atoms with Gasteiger partial charge in [0.25, 0.3) is 0 Å². The Kier molecular flexibility index (Phi) is 16.3. The molecule has 0 aliphatic carbocycles. The molecule has 0 unspecified atom stereocenters. The van der Waals surface area contributed by atoms with E-state index in [9.17, 15) is 9.59 Å². The van der Waals surface area contributed by atoms with Crippen molar-refractivity contribution >= 4 is 11.8 Å². The normalized spacial score (nSPS) is 19.5. The van der Waals surface area contributed by atoms with E-state index in [0.717, 1.165) is 90.6 Å². The van der Waals surface area contributed by atoms with Crippen molar-refractivity contribution in [3.63, 3.8) is 0 Å². The van der Waals surface area contributed by atoms with Crippen LogP contribution >= 0.6 is 0 Å². The SMILES string of the molecule is CN1CCCCCCCCN(C)C(=O)CCCCCNCc2ccc(cc2)-c2ccc(cc2)CNCCCCCC1=O. The Morgan fingerprint density at radius 1 is 0.476 bits per heavy atom. The van der Waals surface area contributed by atoms with Crippen LogP contribution in [-0.2, 0) is 22.7 Å². The van der Waals surface area contributed by atoms with Gasteiger partial charge in [-0.15, -0.1) is 0 Å². The van der Waals surface area contributed by atoms with Crippen LogP contribution < -0.4 is 10.6 Å². The largest absolute Gasteiger partial charge is 0.346 e. The van der Waals surface area contributed by atoms with Gasteiger partial charge >= 0.3 is 0 Å². The predicted molar refractivity (Wildman–Crippen MR) is 175 cm³/mol. The zero-order valence-corrected chi connectivity index (χ0v) is 26.5. The van der Waals surface area contributed by atoms with E-state index in [2.05, 4.69) is 59.2 Å². The first-order valence-electron chi connectivity index (χ1n) is 16.6. The van der Waals surface area contributed by atoms with Crippen molar-refractivity contribution < 1.29 is 9.59 Å². The zero-order chi connectivity index (χ0) is 29.8. The molecule has 0 fully saturated rings. The molecular weight excluding hydrogens is 520 g/mol. The quantitative estimate of drug-likeness (QED) is 0.357. The minimum absolute atomic E-state index is 0.277. The monoisotopic (exact) mass is 576 g/mol. The first-order valence-corrected chi connectivity index (χ1v) is 16.6. The van der Waals surface area contributed by atoms with E-state index in [4.69, 9.17) is 0 Å². The summed E-state index contributed by atoms with van der Waals surface area (Å²) in [5.41, 5.74) is 5.07. The van der Waals surface area contributed by atoms with Crippen LogP contribution in [0.4, 0.5) is 0 Å². The standard InChI is InChI=1S/C36H56N4O2/c1-39-27-13-5-3-4-6-14-28-40(2)36(42)16-10-8-12-26-38-30-32-19-23-34(24-20-32)33-21-17-31(18-22-33)29-37-25-11-7-9-15-35(39)41/h17-24,37-38H,3-16,25-30H2,1-2H3. The molecule has 5 rings (SSSR count). The maximum Gasteiger partial charge on any atom is 0.222 e. The van der Waals surface area contributed by atoms with Crippen molar-refractivity contribution in [2.75, 3.05) is 40.3 Å². The maximum atomic E-state index is 12.5. The number of hydrogen-bond acceptors (Lipinski definition) is 4. The maximum absolute atomic E-state index is 12.5. The molecule has 0 spiro atoms. The van der Waals surface area contributed by atoms with Gasteiger partial charge in [-0.05, 0) is 73.9 Å². The number of amides is 2. The van der Waals surface area contributed by atoms with Crippen LogP contribution in [-0.4, -0.2) is 61.9 Å². The second-order valence-electron chi connectivity index (χ2n) is 12.1. The summed E-state index contributed by atoms with van der Waals surface area (Å²) in [5, 5.41) is 7.11. The van der Waals surface area contributed by atoms with Crippen molar-refractivity contribution in [1.29, 1.82) is 0 Å². The van der Waals surface area contributed by atoms with Crippen LogP contribution in [0.3, 0.4) is 0 Å². The van der Waals surface area contributed by atoms with Crippen molar-refractivity contribution in [3.8, 4) is 11.1 Å². The van der Waals surface area contributed by atoms with Gasteiger partial charge in [-0.25, -0.2) is 0 Å². The predicted octanol–water partition coefficient (Wildman–Crippen LogP) is 6.92. The summed E-state index contributed by atoms with van der Waals surface area (Å²) in [7, 11) is 3.89. The Hall–Kier alpha value is -2.70. The molecular formula is C36H56N4O2. The Labute approximate surface area is 255 Å². The third-order valence-corrected chi connectivity index (χ3v) is 8.48. The second-order valence-corrected chi connectivity index (χ2v) is 12.1. The third kappa shape index (κ3) is 13.5. The number of benzene rings is 2. The van der Waals surface area contributed by atoms with E-state index in [1.165, 1.54) is 47.9 Å². The third-order valence-electron chi connectivity index (χ3n) is 8.48. The number of rotatable bonds is 0. The molecule has 2 amide bonds. The number of carbonyl (C=O) groups is 2. The summed E-state index contributed by atoms with van der Waals surface area (Å²) in [4.78, 5) is 28.8. The van der Waals surface area contributed by atoms with Crippen LogP contribution in [0.1, 0.15) is 101 Å². The van der Waals surface area contributed by atoms with Gasteiger partial charge in [0.05, 0.1) is 0 Å². The number of hydrogen-bond donors (Lipinski definition) is 2. The van der Waals surface area contributed by atoms with Crippen LogP contribution in [0.15, 0.2) is 48.5 Å². The summed E-state index contributed by atoms with van der Waals surface area (Å²) in [6.07, 6.45) is 14.5. The molecule has 0 saturated heterocycles. The Bertz CT molecular complexity index is 938. The van der Waals surface area contributed by atoms with Gasteiger partial charge < -0.3 is 20.4 Å². The lowest BCUT2D eigenvalue weighted by molar-refractivity contribution is -0.130. The zero-order valence-electron chi connectivity index (χ0n) is 26.5. The summed E-state index contributed by atoms with van der Waals surface area (Å²) < 4.78 is 0. The van der Waals surface area contributed by atoms with Crippen LogP contribution in [0.5, 0.6) is 0 Å². The molecule has 0 saturated carbocycles. The molecule has 3 aliphatic rings. The molecule has 2 aromatic carbocycles. The van der Waals surface area contributed by atoms with E-state index in [1.807, 2.05) is 23.9 Å². The molecule has 3 aliphatic heterocycles. The van der Waals surface area contributed by atoms with Gasteiger partial charge in [0.2, 0.25) is 11.8 Å². The molecule has 4 bridgehead atoms. The fourth-order valence-corrected chi connectivity index (χ4v) is 5.54. The first-order chi connectivity index (χ1) is 20.5. The minimum atomic E-state index is 0.277. The van der Waals surface area contributed by atoms with E-state index >= 15 is 0 Å². The van der Waals surface area contributed by atoms with Gasteiger partial charge in [-0.2, -0.15) is 0 Å². The van der Waals surface area contributed by atoms with Crippen molar-refractivity contribution in [3.05, 3.63) is 59.7 Å². The van der Waals surface area contributed by atoms with E-state index in [-0.39, 0.29) is 11.8 Å². The van der Waals surface area contributed by atoms with Crippen molar-refractivity contribution in [1.82, 2.24) is 20.4 Å². The highest BCUT2D eigenvalue weighted by Gasteiger charge is 2.09. The summed E-state index contributed by atoms with van der Waals surface area (Å²) in [5.74, 6) is 0.554. The van der Waals surface area contributed by atoms with Gasteiger partial charge in [-0.3, -0.25) is 9.59 Å². The summed E-state index contributed by atoms with van der Waals surface area (Å²) in [6, 6.07) is 17.7. The van der Waals surface area contributed by atoms with Crippen molar-refractivity contribution in [2.45, 2.75) is 103 Å². The fourth-order valence-electron chi connectivity index (χ4n) is 5.54. The Morgan fingerprint density at radius 3 is 1.24 bits per heavy atom. The highest BCUT2D eigenvalue weighted by Crippen LogP contribution is 2.20. The fraction of sp³-hybridized carbons (Fsp3) is 0.611. The Morgan fingerprint density at radius 2 is 0.833 bits per heavy atom. The molecule has 0 atom stereocenters. The number of nitrogens with zero attached hydrogens (tertiary/aromatic N) is 2. The first kappa shape index (κ1) is 33.8. The van der Waals surface area contributed by atoms with E-state index < -0.39 is 0 Å². The second kappa shape index (κ2) is 20.2. The highest BCUT2D eigenvalue weighted by atomic mass is 16.2.